The molecule has 3 aliphatic rings. The van der Waals surface area contributed by atoms with Gasteiger partial charge in [-0.3, -0.25) is 4.57 Å². The zero-order chi connectivity index (χ0) is 27.2. The van der Waals surface area contributed by atoms with Gasteiger partial charge in [0.1, 0.15) is 24.1 Å². The lowest BCUT2D eigenvalue weighted by molar-refractivity contribution is -0.125. The number of aromatic nitrogens is 4. The molecule has 2 aromatic rings. The minimum absolute atomic E-state index is 0.0235. The number of nitrogens with zero attached hydrogens (tertiary/aromatic N) is 4. The number of hydrogen-bond acceptors (Lipinski definition) is 11. The van der Waals surface area contributed by atoms with Gasteiger partial charge in [0.2, 0.25) is 10.6 Å². The Morgan fingerprint density at radius 1 is 1.24 bits per heavy atom. The van der Waals surface area contributed by atoms with E-state index in [2.05, 4.69) is 20.4 Å². The number of fused-ring (bicyclic) bond motifs is 2. The molecule has 0 spiro atoms. The fourth-order valence-corrected chi connectivity index (χ4v) is 6.93. The van der Waals surface area contributed by atoms with Crippen molar-refractivity contribution in [1.82, 2.24) is 19.7 Å². The maximum Gasteiger partial charge on any atom is 0.361 e. The first-order valence-electron chi connectivity index (χ1n) is 12.6. The molecule has 6 N–H and O–H groups in total. The van der Waals surface area contributed by atoms with Crippen LogP contribution < -0.4 is 5.32 Å². The second kappa shape index (κ2) is 10.8. The molecule has 16 heteroatoms. The molecular weight excluding hydrogens is 545 g/mol. The largest absolute Gasteiger partial charge is 0.393 e. The highest BCUT2D eigenvalue weighted by molar-refractivity contribution is 7.53. The van der Waals surface area contributed by atoms with Crippen LogP contribution >= 0.6 is 19.2 Å². The summed E-state index contributed by atoms with van der Waals surface area (Å²) in [4.78, 5) is 28.1. The molecule has 1 unspecified atom stereocenters. The van der Waals surface area contributed by atoms with Gasteiger partial charge in [0.05, 0.1) is 31.4 Å². The first kappa shape index (κ1) is 28.1. The van der Waals surface area contributed by atoms with Crippen molar-refractivity contribution >= 4 is 36.0 Å². The number of aliphatic hydroxyl groups is 3. The van der Waals surface area contributed by atoms with E-state index in [0.29, 0.717) is 17.1 Å². The molecule has 14 nitrogen and oxygen atoms in total. The minimum atomic E-state index is -5.00. The van der Waals surface area contributed by atoms with Crippen molar-refractivity contribution in [3.63, 3.8) is 0 Å². The summed E-state index contributed by atoms with van der Waals surface area (Å²) in [5, 5.41) is 37.1. The van der Waals surface area contributed by atoms with Crippen LogP contribution in [0.1, 0.15) is 38.3 Å². The van der Waals surface area contributed by atoms with Crippen molar-refractivity contribution < 1.29 is 43.9 Å². The Labute approximate surface area is 223 Å². The molecule has 2 saturated carbocycles. The van der Waals surface area contributed by atoms with Crippen molar-refractivity contribution in [2.75, 3.05) is 32.2 Å². The van der Waals surface area contributed by atoms with Gasteiger partial charge in [-0.1, -0.05) is 12.8 Å². The molecule has 0 radical (unpaired) electrons. The zero-order valence-electron chi connectivity index (χ0n) is 20.8. The standard InChI is InChI=1S/C22H33ClN5O9P/c1-35-10-22(9-29,38(32,33)34)36-8-15-16(30)17(31)20(37-15)28-19-13(7-24-28)18(26-21(23)27-19)25-14-6-5-11-3-2-4-12(11)14/h7,11-12,14-17,20,29-31H,2-6,8-10H2,1H3,(H,25,26,27)(H2,32,33,34)/t11-,12-,14-,15-,16-,17-,20-,22?/m1/s1. The highest BCUT2D eigenvalue weighted by atomic mass is 35.5. The van der Waals surface area contributed by atoms with Crippen LogP contribution in [0.5, 0.6) is 0 Å². The lowest BCUT2D eigenvalue weighted by atomic mass is 9.97. The number of hydrogen-bond donors (Lipinski definition) is 6. The molecule has 212 valence electrons. The maximum absolute atomic E-state index is 12.0. The average molecular weight is 578 g/mol. The average Bonchev–Trinajstić information content (AvgIpc) is 3.63. The van der Waals surface area contributed by atoms with Crippen molar-refractivity contribution in [3.05, 3.63) is 11.5 Å². The monoisotopic (exact) mass is 577 g/mol. The summed E-state index contributed by atoms with van der Waals surface area (Å²) >= 11 is 6.25. The van der Waals surface area contributed by atoms with E-state index in [1.165, 1.54) is 43.7 Å². The van der Waals surface area contributed by atoms with E-state index in [1.807, 2.05) is 0 Å². The molecule has 2 aromatic heterocycles. The van der Waals surface area contributed by atoms with Crippen molar-refractivity contribution in [2.45, 2.75) is 68.0 Å². The third kappa shape index (κ3) is 4.96. The van der Waals surface area contributed by atoms with Gasteiger partial charge in [0.25, 0.3) is 0 Å². The van der Waals surface area contributed by atoms with E-state index in [9.17, 15) is 29.7 Å². The first-order valence-corrected chi connectivity index (χ1v) is 14.6. The quantitative estimate of drug-likeness (QED) is 0.170. The van der Waals surface area contributed by atoms with Gasteiger partial charge >= 0.3 is 7.60 Å². The molecule has 3 heterocycles. The summed E-state index contributed by atoms with van der Waals surface area (Å²) in [6, 6.07) is 0.268. The van der Waals surface area contributed by atoms with Gasteiger partial charge in [-0.25, -0.2) is 4.68 Å². The number of rotatable bonds is 10. The number of methoxy groups -OCH3 is 1. The van der Waals surface area contributed by atoms with E-state index in [-0.39, 0.29) is 17.0 Å². The lowest BCUT2D eigenvalue weighted by Crippen LogP contribution is -2.44. The molecule has 38 heavy (non-hydrogen) atoms. The van der Waals surface area contributed by atoms with Crippen LogP contribution in [0.2, 0.25) is 5.28 Å². The molecule has 1 saturated heterocycles. The first-order chi connectivity index (χ1) is 18.1. The van der Waals surface area contributed by atoms with Crippen LogP contribution in [0.3, 0.4) is 0 Å². The highest BCUT2D eigenvalue weighted by Gasteiger charge is 2.51. The fourth-order valence-electron chi connectivity index (χ4n) is 6.04. The SMILES string of the molecule is COCC(CO)(OC[C@H]1O[C@@H](n2ncc3c(N[C@@H]4CC[C@H]5CCC[C@H]54)nc(Cl)nc32)[C@H](O)[C@@H]1O)P(=O)(O)O. The summed E-state index contributed by atoms with van der Waals surface area (Å²) in [5.41, 5.74) is 0.283. The number of ether oxygens (including phenoxy) is 3. The van der Waals surface area contributed by atoms with Gasteiger partial charge < -0.3 is 44.6 Å². The topological polar surface area (TPSA) is 202 Å². The predicted octanol–water partition coefficient (Wildman–Crippen LogP) is 0.619. The number of nitrogens with one attached hydrogen (secondary N) is 1. The summed E-state index contributed by atoms with van der Waals surface area (Å²) in [6.07, 6.45) is 2.02. The van der Waals surface area contributed by atoms with Crippen LogP contribution in [-0.4, -0.2) is 101 Å². The van der Waals surface area contributed by atoms with Crippen molar-refractivity contribution in [1.29, 1.82) is 0 Å². The van der Waals surface area contributed by atoms with Crippen LogP contribution in [0.15, 0.2) is 6.20 Å². The zero-order valence-corrected chi connectivity index (χ0v) is 22.4. The second-order valence-electron chi connectivity index (χ2n) is 10.3. The highest BCUT2D eigenvalue weighted by Crippen LogP contribution is 2.51. The van der Waals surface area contributed by atoms with Gasteiger partial charge in [0.15, 0.2) is 11.9 Å². The van der Waals surface area contributed by atoms with Gasteiger partial charge in [-0.05, 0) is 42.7 Å². The van der Waals surface area contributed by atoms with Crippen LogP contribution in [0.25, 0.3) is 11.0 Å². The molecule has 2 aliphatic carbocycles. The summed E-state index contributed by atoms with van der Waals surface area (Å²) < 4.78 is 29.3. The Balaban J connectivity index is 1.36. The van der Waals surface area contributed by atoms with E-state index < -0.39 is 57.3 Å². The number of anilines is 1. The van der Waals surface area contributed by atoms with Crippen LogP contribution in [0, 0.1) is 11.8 Å². The second-order valence-corrected chi connectivity index (χ2v) is 12.5. The molecule has 3 fully saturated rings. The third-order valence-corrected chi connectivity index (χ3v) is 9.70. The third-order valence-electron chi connectivity index (χ3n) is 8.07. The minimum Gasteiger partial charge on any atom is -0.393 e. The number of aliphatic hydroxyl groups excluding tert-OH is 3. The Bertz CT molecular complexity index is 1200. The Kier molecular flexibility index (Phi) is 8.02. The maximum atomic E-state index is 12.0. The van der Waals surface area contributed by atoms with Crippen LogP contribution in [0.4, 0.5) is 5.82 Å². The lowest BCUT2D eigenvalue weighted by Gasteiger charge is -2.32. The van der Waals surface area contributed by atoms with Crippen molar-refractivity contribution in [2.24, 2.45) is 11.8 Å². The molecule has 0 bridgehead atoms. The van der Waals surface area contributed by atoms with Crippen molar-refractivity contribution in [3.8, 4) is 0 Å². The molecular formula is C22H33ClN5O9P. The van der Waals surface area contributed by atoms with Gasteiger partial charge in [-0.2, -0.15) is 15.1 Å². The Morgan fingerprint density at radius 3 is 2.74 bits per heavy atom. The normalized spacial score (nSPS) is 33.1. The molecule has 5 rings (SSSR count). The van der Waals surface area contributed by atoms with E-state index in [0.717, 1.165) is 12.3 Å². The Hall–Kier alpha value is -1.45. The van der Waals surface area contributed by atoms with E-state index >= 15 is 0 Å². The molecule has 8 atom stereocenters. The van der Waals surface area contributed by atoms with Gasteiger partial charge in [0, 0.05) is 13.2 Å². The number of halogens is 1. The molecule has 0 aromatic carbocycles. The van der Waals surface area contributed by atoms with Crippen LogP contribution in [-0.2, 0) is 18.8 Å². The summed E-state index contributed by atoms with van der Waals surface area (Å²) in [6.45, 7) is -2.21. The molecule has 0 amide bonds. The van der Waals surface area contributed by atoms with Gasteiger partial charge in [-0.15, -0.1) is 0 Å². The van der Waals surface area contributed by atoms with E-state index in [4.69, 9.17) is 25.8 Å². The van der Waals surface area contributed by atoms with E-state index in [1.54, 1.807) is 0 Å². The predicted molar refractivity (Wildman–Crippen MR) is 133 cm³/mol. The smallest absolute Gasteiger partial charge is 0.361 e. The fraction of sp³-hybridized carbons (Fsp3) is 0.773. The summed E-state index contributed by atoms with van der Waals surface area (Å²) in [7, 11) is -3.80. The molecule has 1 aliphatic heterocycles. The Morgan fingerprint density at radius 2 is 2.03 bits per heavy atom. The summed E-state index contributed by atoms with van der Waals surface area (Å²) in [5.74, 6) is 1.84.